The van der Waals surface area contributed by atoms with Crippen LogP contribution in [0.25, 0.3) is 0 Å². The highest BCUT2D eigenvalue weighted by Crippen LogP contribution is 2.55. The van der Waals surface area contributed by atoms with Crippen LogP contribution < -0.4 is 10.1 Å². The zero-order valence-corrected chi connectivity index (χ0v) is 14.6. The number of carboxylic acid groups (broad SMARTS) is 1. The van der Waals surface area contributed by atoms with Crippen LogP contribution in [0, 0.1) is 16.0 Å². The molecule has 0 radical (unpaired) electrons. The van der Waals surface area contributed by atoms with Crippen LogP contribution in [0.4, 0.5) is 11.4 Å². The lowest BCUT2D eigenvalue weighted by Crippen LogP contribution is -2.31. The van der Waals surface area contributed by atoms with E-state index in [0.29, 0.717) is 29.0 Å². The van der Waals surface area contributed by atoms with Gasteiger partial charge in [0.1, 0.15) is 5.75 Å². The predicted octanol–water partition coefficient (Wildman–Crippen LogP) is 4.13. The van der Waals surface area contributed by atoms with Crippen molar-refractivity contribution in [2.75, 3.05) is 12.4 Å². The summed E-state index contributed by atoms with van der Waals surface area (Å²) in [4.78, 5) is 22.9. The highest BCUT2D eigenvalue weighted by atomic mass is 16.6. The van der Waals surface area contributed by atoms with Gasteiger partial charge in [0.2, 0.25) is 0 Å². The molecule has 27 heavy (non-hydrogen) atoms. The molecule has 3 atom stereocenters. The first-order chi connectivity index (χ1) is 13.0. The molecule has 0 fully saturated rings. The van der Waals surface area contributed by atoms with Gasteiger partial charge in [-0.2, -0.15) is 0 Å². The number of nitro groups is 1. The van der Waals surface area contributed by atoms with Gasteiger partial charge in [-0.25, -0.2) is 4.79 Å². The fraction of sp³-hybridized carbons (Fsp3) is 0.250. The maximum absolute atomic E-state index is 11.7. The summed E-state index contributed by atoms with van der Waals surface area (Å²) in [5, 5.41) is 24.5. The number of anilines is 1. The molecule has 1 aliphatic carbocycles. The van der Waals surface area contributed by atoms with Gasteiger partial charge in [-0.15, -0.1) is 0 Å². The molecule has 1 heterocycles. The molecule has 0 unspecified atom stereocenters. The first-order valence-electron chi connectivity index (χ1n) is 8.63. The van der Waals surface area contributed by atoms with E-state index < -0.39 is 5.97 Å². The molecule has 0 saturated carbocycles. The Bertz CT molecular complexity index is 969. The lowest BCUT2D eigenvalue weighted by Gasteiger charge is -2.38. The number of fused-ring (bicyclic) bond motifs is 3. The van der Waals surface area contributed by atoms with Crippen LogP contribution in [-0.4, -0.2) is 23.1 Å². The Morgan fingerprint density at radius 3 is 2.78 bits per heavy atom. The predicted molar refractivity (Wildman–Crippen MR) is 99.4 cm³/mol. The van der Waals surface area contributed by atoms with Crippen molar-refractivity contribution in [1.29, 1.82) is 0 Å². The number of rotatable bonds is 4. The zero-order chi connectivity index (χ0) is 19.1. The monoisotopic (exact) mass is 366 g/mol. The Morgan fingerprint density at radius 2 is 2.07 bits per heavy atom. The van der Waals surface area contributed by atoms with E-state index in [9.17, 15) is 20.0 Å². The van der Waals surface area contributed by atoms with Gasteiger partial charge < -0.3 is 15.2 Å². The second kappa shape index (κ2) is 6.42. The van der Waals surface area contributed by atoms with Crippen molar-refractivity contribution in [3.05, 3.63) is 75.4 Å². The molecule has 4 rings (SSSR count). The minimum Gasteiger partial charge on any atom is -0.495 e. The maximum Gasteiger partial charge on any atom is 0.336 e. The van der Waals surface area contributed by atoms with Crippen molar-refractivity contribution >= 4 is 17.3 Å². The van der Waals surface area contributed by atoms with Crippen LogP contribution in [0.3, 0.4) is 0 Å². The summed E-state index contributed by atoms with van der Waals surface area (Å²) < 4.78 is 5.43. The smallest absolute Gasteiger partial charge is 0.336 e. The second-order valence-corrected chi connectivity index (χ2v) is 6.70. The second-order valence-electron chi connectivity index (χ2n) is 6.70. The van der Waals surface area contributed by atoms with Crippen LogP contribution in [0.15, 0.2) is 48.6 Å². The molecule has 7 heteroatoms. The molecule has 0 bridgehead atoms. The Balaban J connectivity index is 1.92. The molecular formula is C20H18N2O5. The summed E-state index contributed by atoms with van der Waals surface area (Å²) in [6, 6.07) is 9.63. The number of nitro benzene ring substituents is 1. The first kappa shape index (κ1) is 17.1. The van der Waals surface area contributed by atoms with Crippen LogP contribution in [-0.2, 0) is 0 Å². The van der Waals surface area contributed by atoms with Crippen LogP contribution in [0.2, 0.25) is 0 Å². The van der Waals surface area contributed by atoms with E-state index in [-0.39, 0.29) is 34.1 Å². The molecule has 1 aliphatic heterocycles. The van der Waals surface area contributed by atoms with E-state index in [1.54, 1.807) is 30.3 Å². The largest absolute Gasteiger partial charge is 0.495 e. The Morgan fingerprint density at radius 1 is 1.30 bits per heavy atom. The molecule has 0 aromatic heterocycles. The molecule has 2 aliphatic rings. The van der Waals surface area contributed by atoms with Crippen LogP contribution >= 0.6 is 0 Å². The van der Waals surface area contributed by atoms with Gasteiger partial charge in [0, 0.05) is 12.0 Å². The van der Waals surface area contributed by atoms with E-state index in [2.05, 4.69) is 5.32 Å². The Hall–Kier alpha value is -3.35. The molecule has 0 saturated heterocycles. The van der Waals surface area contributed by atoms with Crippen LogP contribution in [0.5, 0.6) is 5.75 Å². The van der Waals surface area contributed by atoms with Gasteiger partial charge in [-0.05, 0) is 30.0 Å². The summed E-state index contributed by atoms with van der Waals surface area (Å²) in [7, 11) is 1.51. The van der Waals surface area contributed by atoms with Crippen molar-refractivity contribution < 1.29 is 19.6 Å². The normalized spacial score (nSPS) is 22.5. The number of nitrogens with one attached hydrogen (secondary N) is 1. The number of methoxy groups -OCH3 is 1. The van der Waals surface area contributed by atoms with E-state index in [0.717, 1.165) is 0 Å². The van der Waals surface area contributed by atoms with Gasteiger partial charge in [-0.3, -0.25) is 10.1 Å². The van der Waals surface area contributed by atoms with Crippen molar-refractivity contribution in [3.63, 3.8) is 0 Å². The number of carboxylic acids is 1. The summed E-state index contributed by atoms with van der Waals surface area (Å²) in [6.07, 6.45) is 4.70. The van der Waals surface area contributed by atoms with Crippen molar-refractivity contribution in [2.45, 2.75) is 18.4 Å². The van der Waals surface area contributed by atoms with E-state index in [1.807, 2.05) is 12.2 Å². The van der Waals surface area contributed by atoms with Gasteiger partial charge in [-0.1, -0.05) is 30.4 Å². The van der Waals surface area contributed by atoms with Gasteiger partial charge >= 0.3 is 5.97 Å². The average molecular weight is 366 g/mol. The minimum absolute atomic E-state index is 0.0104. The molecule has 138 valence electrons. The first-order valence-corrected chi connectivity index (χ1v) is 8.63. The summed E-state index contributed by atoms with van der Waals surface area (Å²) in [5.41, 5.74) is 2.10. The SMILES string of the molecule is COc1ccc([N+](=O)[O-])c2c1N[C@H](c1ccccc1C(=O)O)[C@@H]1CC=C[C@H]21. The average Bonchev–Trinajstić information content (AvgIpc) is 3.16. The fourth-order valence-electron chi connectivity index (χ4n) is 4.26. The number of carbonyl (C=O) groups is 1. The molecule has 2 aromatic carbocycles. The number of ether oxygens (including phenoxy) is 1. The number of hydrogen-bond acceptors (Lipinski definition) is 5. The van der Waals surface area contributed by atoms with E-state index in [4.69, 9.17) is 4.74 Å². The number of allylic oxidation sites excluding steroid dienone is 2. The van der Waals surface area contributed by atoms with Gasteiger partial charge in [0.25, 0.3) is 5.69 Å². The maximum atomic E-state index is 11.7. The standard InChI is InChI=1S/C20H18N2O5/c1-27-16-10-9-15(22(25)26)17-11-7-4-8-12(11)18(21-19(16)17)13-5-2-3-6-14(13)20(23)24/h2-7,9-12,18,21H,8H2,1H3,(H,23,24)/t11-,12+,18-/m0/s1. The molecule has 7 nitrogen and oxygen atoms in total. The Labute approximate surface area is 155 Å². The van der Waals surface area contributed by atoms with Gasteiger partial charge in [0.15, 0.2) is 0 Å². The Kier molecular flexibility index (Phi) is 4.07. The minimum atomic E-state index is -0.994. The summed E-state index contributed by atoms with van der Waals surface area (Å²) in [6.45, 7) is 0. The molecular weight excluding hydrogens is 348 g/mol. The number of nitrogens with zero attached hydrogens (tertiary/aromatic N) is 1. The van der Waals surface area contributed by atoms with E-state index in [1.165, 1.54) is 13.2 Å². The number of hydrogen-bond donors (Lipinski definition) is 2. The lowest BCUT2D eigenvalue weighted by atomic mass is 9.75. The molecule has 2 aromatic rings. The third-order valence-electron chi connectivity index (χ3n) is 5.40. The highest BCUT2D eigenvalue weighted by Gasteiger charge is 2.43. The lowest BCUT2D eigenvalue weighted by molar-refractivity contribution is -0.385. The summed E-state index contributed by atoms with van der Waals surface area (Å²) in [5.74, 6) is -0.675. The topological polar surface area (TPSA) is 102 Å². The van der Waals surface area contributed by atoms with Crippen molar-refractivity contribution in [3.8, 4) is 5.75 Å². The molecule has 2 N–H and O–H groups in total. The third-order valence-corrected chi connectivity index (χ3v) is 5.40. The van der Waals surface area contributed by atoms with Crippen LogP contribution in [0.1, 0.15) is 39.9 Å². The van der Waals surface area contributed by atoms with Crippen molar-refractivity contribution in [1.82, 2.24) is 0 Å². The molecule has 0 spiro atoms. The molecule has 0 amide bonds. The van der Waals surface area contributed by atoms with E-state index >= 15 is 0 Å². The number of benzene rings is 2. The number of aromatic carboxylic acids is 1. The summed E-state index contributed by atoms with van der Waals surface area (Å²) >= 11 is 0. The fourth-order valence-corrected chi connectivity index (χ4v) is 4.26. The van der Waals surface area contributed by atoms with Gasteiger partial charge in [0.05, 0.1) is 34.9 Å². The quantitative estimate of drug-likeness (QED) is 0.479. The highest BCUT2D eigenvalue weighted by molar-refractivity contribution is 5.90. The van der Waals surface area contributed by atoms with Crippen molar-refractivity contribution in [2.24, 2.45) is 5.92 Å². The third kappa shape index (κ3) is 2.63. The zero-order valence-electron chi connectivity index (χ0n) is 14.6.